The molecule has 0 saturated heterocycles. The molecule has 2 aromatic heterocycles. The van der Waals surface area contributed by atoms with E-state index in [0.717, 1.165) is 39.8 Å². The molecule has 0 bridgehead atoms. The lowest BCUT2D eigenvalue weighted by Crippen LogP contribution is -2.10. The molecule has 0 saturated carbocycles. The number of benzene rings is 2. The SMILES string of the molecule is CCC(C)c1ccc(OCCn2cccc2/C=N/Nc2nc3ccccc3s2)cc1. The average Bonchev–Trinajstić information content (AvgIpc) is 3.40. The fourth-order valence-corrected chi connectivity index (χ4v) is 4.03. The van der Waals surface area contributed by atoms with E-state index in [9.17, 15) is 0 Å². The highest BCUT2D eigenvalue weighted by Gasteiger charge is 2.04. The Kier molecular flexibility index (Phi) is 6.44. The Morgan fingerprint density at radius 1 is 1.13 bits per heavy atom. The molecular formula is C24H26N4OS. The summed E-state index contributed by atoms with van der Waals surface area (Å²) in [4.78, 5) is 4.53. The van der Waals surface area contributed by atoms with Gasteiger partial charge in [-0.25, -0.2) is 4.98 Å². The fraction of sp³-hybridized carbons (Fsp3) is 0.250. The zero-order valence-corrected chi connectivity index (χ0v) is 18.1. The van der Waals surface area contributed by atoms with Crippen LogP contribution in [0.4, 0.5) is 5.13 Å². The van der Waals surface area contributed by atoms with Crippen molar-refractivity contribution in [3.8, 4) is 5.75 Å². The first-order chi connectivity index (χ1) is 14.7. The zero-order chi connectivity index (χ0) is 20.8. The first kappa shape index (κ1) is 20.2. The van der Waals surface area contributed by atoms with Crippen molar-refractivity contribution in [2.24, 2.45) is 5.10 Å². The summed E-state index contributed by atoms with van der Waals surface area (Å²) >= 11 is 1.59. The Morgan fingerprint density at radius 3 is 2.77 bits per heavy atom. The third-order valence-electron chi connectivity index (χ3n) is 5.18. The number of para-hydroxylation sites is 1. The molecule has 0 amide bonds. The summed E-state index contributed by atoms with van der Waals surface area (Å²) in [5, 5.41) is 5.14. The Hall–Kier alpha value is -3.12. The number of aromatic nitrogens is 2. The minimum atomic E-state index is 0.581. The second-order valence-electron chi connectivity index (χ2n) is 7.21. The maximum atomic E-state index is 5.92. The number of rotatable bonds is 9. The molecule has 0 aliphatic rings. The van der Waals surface area contributed by atoms with Crippen molar-refractivity contribution < 1.29 is 4.74 Å². The molecule has 6 heteroatoms. The molecule has 0 spiro atoms. The number of hydrogen-bond donors (Lipinski definition) is 1. The van der Waals surface area contributed by atoms with E-state index >= 15 is 0 Å². The van der Waals surface area contributed by atoms with Gasteiger partial charge in [0.15, 0.2) is 0 Å². The minimum Gasteiger partial charge on any atom is -0.492 e. The lowest BCUT2D eigenvalue weighted by molar-refractivity contribution is 0.298. The van der Waals surface area contributed by atoms with Crippen LogP contribution < -0.4 is 10.2 Å². The monoisotopic (exact) mass is 418 g/mol. The molecule has 1 N–H and O–H groups in total. The predicted octanol–water partition coefficient (Wildman–Crippen LogP) is 6.14. The summed E-state index contributed by atoms with van der Waals surface area (Å²) in [6.45, 7) is 5.81. The number of fused-ring (bicyclic) bond motifs is 1. The average molecular weight is 419 g/mol. The van der Waals surface area contributed by atoms with Crippen molar-refractivity contribution in [1.82, 2.24) is 9.55 Å². The standard InChI is InChI=1S/C24H26N4OS/c1-3-18(2)19-10-12-21(13-11-19)29-16-15-28-14-6-7-20(28)17-25-27-24-26-22-8-4-5-9-23(22)30-24/h4-14,17-18H,3,15-16H2,1-2H3,(H,26,27)/b25-17+. The van der Waals surface area contributed by atoms with Crippen LogP contribution in [0.5, 0.6) is 5.75 Å². The van der Waals surface area contributed by atoms with E-state index in [0.29, 0.717) is 12.5 Å². The van der Waals surface area contributed by atoms with Crippen LogP contribution in [0, 0.1) is 0 Å². The molecule has 154 valence electrons. The lowest BCUT2D eigenvalue weighted by Gasteiger charge is -2.11. The largest absolute Gasteiger partial charge is 0.492 e. The van der Waals surface area contributed by atoms with E-state index in [1.54, 1.807) is 11.3 Å². The second kappa shape index (κ2) is 9.59. The van der Waals surface area contributed by atoms with Crippen LogP contribution >= 0.6 is 11.3 Å². The highest BCUT2D eigenvalue weighted by Crippen LogP contribution is 2.25. The molecule has 4 aromatic rings. The number of hydrogen-bond acceptors (Lipinski definition) is 5. The van der Waals surface area contributed by atoms with Crippen molar-refractivity contribution >= 4 is 32.9 Å². The molecule has 0 radical (unpaired) electrons. The van der Waals surface area contributed by atoms with Gasteiger partial charge in [0.2, 0.25) is 5.13 Å². The maximum Gasteiger partial charge on any atom is 0.204 e. The van der Waals surface area contributed by atoms with E-state index < -0.39 is 0 Å². The van der Waals surface area contributed by atoms with Crippen molar-refractivity contribution in [1.29, 1.82) is 0 Å². The number of anilines is 1. The molecule has 4 rings (SSSR count). The number of nitrogens with one attached hydrogen (secondary N) is 1. The van der Waals surface area contributed by atoms with Gasteiger partial charge in [-0.05, 0) is 54.3 Å². The van der Waals surface area contributed by atoms with Crippen molar-refractivity contribution in [2.45, 2.75) is 32.7 Å². The third kappa shape index (κ3) is 4.89. The number of thiazole rings is 1. The number of ether oxygens (including phenoxy) is 1. The Balaban J connectivity index is 1.30. The molecular weight excluding hydrogens is 392 g/mol. The summed E-state index contributed by atoms with van der Waals surface area (Å²) in [5.41, 5.74) is 6.39. The van der Waals surface area contributed by atoms with Gasteiger partial charge in [-0.1, -0.05) is 49.4 Å². The van der Waals surface area contributed by atoms with Crippen molar-refractivity contribution in [3.63, 3.8) is 0 Å². The topological polar surface area (TPSA) is 51.4 Å². The van der Waals surface area contributed by atoms with Crippen LogP contribution in [0.15, 0.2) is 72.0 Å². The highest BCUT2D eigenvalue weighted by atomic mass is 32.1. The Bertz CT molecular complexity index is 1080. The van der Waals surface area contributed by atoms with Gasteiger partial charge in [-0.2, -0.15) is 5.10 Å². The van der Waals surface area contributed by atoms with Gasteiger partial charge in [0, 0.05) is 6.20 Å². The summed E-state index contributed by atoms with van der Waals surface area (Å²) in [6, 6.07) is 20.5. The molecule has 0 aliphatic carbocycles. The molecule has 2 heterocycles. The van der Waals surface area contributed by atoms with E-state index in [1.165, 1.54) is 5.56 Å². The van der Waals surface area contributed by atoms with Crippen LogP contribution in [0.3, 0.4) is 0 Å². The van der Waals surface area contributed by atoms with Gasteiger partial charge < -0.3 is 9.30 Å². The minimum absolute atomic E-state index is 0.581. The summed E-state index contributed by atoms with van der Waals surface area (Å²) in [7, 11) is 0. The molecule has 2 aromatic carbocycles. The van der Waals surface area contributed by atoms with Crippen LogP contribution in [0.2, 0.25) is 0 Å². The van der Waals surface area contributed by atoms with Gasteiger partial charge in [0.1, 0.15) is 12.4 Å². The van der Waals surface area contributed by atoms with Gasteiger partial charge in [-0.15, -0.1) is 0 Å². The fourth-order valence-electron chi connectivity index (χ4n) is 3.21. The zero-order valence-electron chi connectivity index (χ0n) is 17.3. The third-order valence-corrected chi connectivity index (χ3v) is 6.12. The smallest absolute Gasteiger partial charge is 0.204 e. The molecule has 0 fully saturated rings. The lowest BCUT2D eigenvalue weighted by atomic mass is 9.99. The molecule has 5 nitrogen and oxygen atoms in total. The van der Waals surface area contributed by atoms with Crippen LogP contribution in [0.1, 0.15) is 37.4 Å². The normalized spacial score (nSPS) is 12.5. The van der Waals surface area contributed by atoms with E-state index in [-0.39, 0.29) is 0 Å². The number of nitrogens with zero attached hydrogens (tertiary/aromatic N) is 3. The van der Waals surface area contributed by atoms with Crippen molar-refractivity contribution in [3.05, 3.63) is 78.1 Å². The van der Waals surface area contributed by atoms with Crippen molar-refractivity contribution in [2.75, 3.05) is 12.0 Å². The highest BCUT2D eigenvalue weighted by molar-refractivity contribution is 7.22. The number of hydrazone groups is 1. The summed E-state index contributed by atoms with van der Waals surface area (Å²) in [5.74, 6) is 1.49. The second-order valence-corrected chi connectivity index (χ2v) is 8.24. The van der Waals surface area contributed by atoms with E-state index in [1.807, 2.05) is 42.7 Å². The molecule has 1 atom stereocenters. The summed E-state index contributed by atoms with van der Waals surface area (Å²) < 4.78 is 9.19. The first-order valence-electron chi connectivity index (χ1n) is 10.3. The van der Waals surface area contributed by atoms with Crippen LogP contribution in [-0.2, 0) is 6.54 Å². The van der Waals surface area contributed by atoms with E-state index in [4.69, 9.17) is 4.74 Å². The van der Waals surface area contributed by atoms with Gasteiger partial charge in [0.05, 0.1) is 28.7 Å². The predicted molar refractivity (Wildman–Crippen MR) is 126 cm³/mol. The van der Waals surface area contributed by atoms with Gasteiger partial charge >= 0.3 is 0 Å². The molecule has 0 aliphatic heterocycles. The molecule has 1 unspecified atom stereocenters. The van der Waals surface area contributed by atoms with E-state index in [2.05, 4.69) is 64.3 Å². The molecule has 30 heavy (non-hydrogen) atoms. The van der Waals surface area contributed by atoms with Crippen LogP contribution in [0.25, 0.3) is 10.2 Å². The first-order valence-corrected chi connectivity index (χ1v) is 11.1. The van der Waals surface area contributed by atoms with Gasteiger partial charge in [-0.3, -0.25) is 5.43 Å². The maximum absolute atomic E-state index is 5.92. The Labute approximate surface area is 181 Å². The van der Waals surface area contributed by atoms with Gasteiger partial charge in [0.25, 0.3) is 0 Å². The van der Waals surface area contributed by atoms with Crippen LogP contribution in [-0.4, -0.2) is 22.4 Å². The Morgan fingerprint density at radius 2 is 1.97 bits per heavy atom. The quantitative estimate of drug-likeness (QED) is 0.262. The summed E-state index contributed by atoms with van der Waals surface area (Å²) in [6.07, 6.45) is 4.99.